The minimum Gasteiger partial charge on any atom is -0.497 e. The molecule has 0 saturated heterocycles. The van der Waals surface area contributed by atoms with Gasteiger partial charge in [-0.15, -0.1) is 0 Å². The molecule has 0 aliphatic heterocycles. The minimum absolute atomic E-state index is 0.261. The van der Waals surface area contributed by atoms with Crippen LogP contribution in [-0.4, -0.2) is 39.8 Å². The van der Waals surface area contributed by atoms with Gasteiger partial charge in [0, 0.05) is 11.8 Å². The number of anilines is 2. The van der Waals surface area contributed by atoms with Crippen molar-refractivity contribution in [1.29, 1.82) is 0 Å². The Morgan fingerprint density at radius 1 is 1.10 bits per heavy atom. The number of ether oxygens (including phenoxy) is 2. The highest BCUT2D eigenvalue weighted by Crippen LogP contribution is 2.27. The Morgan fingerprint density at radius 2 is 1.77 bits per heavy atom. The summed E-state index contributed by atoms with van der Waals surface area (Å²) in [6.07, 6.45) is 5.87. The highest BCUT2D eigenvalue weighted by molar-refractivity contribution is 7.92. The summed E-state index contributed by atoms with van der Waals surface area (Å²) in [5, 5.41) is 2.78. The summed E-state index contributed by atoms with van der Waals surface area (Å²) in [4.78, 5) is 12.8. The molecular formula is C22H28N2O5S. The minimum atomic E-state index is -3.70. The molecule has 3 rings (SSSR count). The Balaban J connectivity index is 1.72. The van der Waals surface area contributed by atoms with Crippen molar-refractivity contribution < 1.29 is 22.7 Å². The van der Waals surface area contributed by atoms with Gasteiger partial charge >= 0.3 is 0 Å². The first-order valence-electron chi connectivity index (χ1n) is 9.99. The van der Waals surface area contributed by atoms with Crippen LogP contribution in [-0.2, 0) is 14.8 Å². The number of rotatable bonds is 8. The first-order valence-corrected chi connectivity index (χ1v) is 11.8. The van der Waals surface area contributed by atoms with Crippen molar-refractivity contribution in [3.8, 4) is 11.5 Å². The van der Waals surface area contributed by atoms with E-state index in [0.717, 1.165) is 29.2 Å². The highest BCUT2D eigenvalue weighted by atomic mass is 32.2. The number of hydrogen-bond acceptors (Lipinski definition) is 5. The van der Waals surface area contributed by atoms with Gasteiger partial charge in [-0.25, -0.2) is 8.42 Å². The van der Waals surface area contributed by atoms with Gasteiger partial charge in [0.05, 0.1) is 25.2 Å². The summed E-state index contributed by atoms with van der Waals surface area (Å²) in [6.45, 7) is 1.55. The molecule has 30 heavy (non-hydrogen) atoms. The molecule has 0 bridgehead atoms. The van der Waals surface area contributed by atoms with E-state index in [0.29, 0.717) is 17.1 Å². The molecule has 7 nitrogen and oxygen atoms in total. The maximum atomic E-state index is 12.8. The fourth-order valence-corrected chi connectivity index (χ4v) is 4.79. The zero-order valence-corrected chi connectivity index (χ0v) is 18.3. The van der Waals surface area contributed by atoms with Gasteiger partial charge < -0.3 is 14.8 Å². The maximum Gasteiger partial charge on any atom is 0.247 e. The summed E-state index contributed by atoms with van der Waals surface area (Å²) in [5.41, 5.74) is 0.935. The number of nitrogens with one attached hydrogen (secondary N) is 1. The molecular weight excluding hydrogens is 404 g/mol. The highest BCUT2D eigenvalue weighted by Gasteiger charge is 2.29. The van der Waals surface area contributed by atoms with Crippen molar-refractivity contribution in [2.75, 3.05) is 23.0 Å². The van der Waals surface area contributed by atoms with Crippen molar-refractivity contribution in [2.24, 2.45) is 0 Å². The second kappa shape index (κ2) is 9.38. The zero-order valence-electron chi connectivity index (χ0n) is 17.5. The SMILES string of the molecule is COc1cccc(N([C@@H](C)C(=O)Nc2ccc(OC3CCCC3)cc2)S(C)(=O)=O)c1. The second-order valence-corrected chi connectivity index (χ2v) is 9.33. The molecule has 2 aromatic carbocycles. The average molecular weight is 433 g/mol. The molecule has 0 unspecified atom stereocenters. The van der Waals surface area contributed by atoms with Crippen molar-refractivity contribution in [1.82, 2.24) is 0 Å². The van der Waals surface area contributed by atoms with E-state index in [1.165, 1.54) is 20.0 Å². The van der Waals surface area contributed by atoms with Gasteiger partial charge in [0.15, 0.2) is 0 Å². The van der Waals surface area contributed by atoms with Crippen molar-refractivity contribution in [3.05, 3.63) is 48.5 Å². The smallest absolute Gasteiger partial charge is 0.247 e. The predicted molar refractivity (Wildman–Crippen MR) is 118 cm³/mol. The van der Waals surface area contributed by atoms with E-state index in [1.807, 2.05) is 12.1 Å². The molecule has 1 atom stereocenters. The molecule has 162 valence electrons. The molecule has 1 amide bonds. The number of benzene rings is 2. The van der Waals surface area contributed by atoms with Crippen LogP contribution in [0.2, 0.25) is 0 Å². The van der Waals surface area contributed by atoms with Crippen LogP contribution in [0, 0.1) is 0 Å². The number of carbonyl (C=O) groups is 1. The predicted octanol–water partition coefficient (Wildman–Crippen LogP) is 3.81. The van der Waals surface area contributed by atoms with Gasteiger partial charge in [-0.2, -0.15) is 0 Å². The Labute approximate surface area is 178 Å². The van der Waals surface area contributed by atoms with E-state index in [2.05, 4.69) is 5.32 Å². The van der Waals surface area contributed by atoms with Crippen LogP contribution in [0.5, 0.6) is 11.5 Å². The van der Waals surface area contributed by atoms with Gasteiger partial charge in [-0.1, -0.05) is 6.07 Å². The van der Waals surface area contributed by atoms with E-state index >= 15 is 0 Å². The molecule has 1 N–H and O–H groups in total. The number of methoxy groups -OCH3 is 1. The average Bonchev–Trinajstić information content (AvgIpc) is 3.21. The molecule has 0 spiro atoms. The Hall–Kier alpha value is -2.74. The van der Waals surface area contributed by atoms with E-state index in [4.69, 9.17) is 9.47 Å². The van der Waals surface area contributed by atoms with Gasteiger partial charge in [-0.3, -0.25) is 9.10 Å². The lowest BCUT2D eigenvalue weighted by Crippen LogP contribution is -2.45. The van der Waals surface area contributed by atoms with Crippen LogP contribution >= 0.6 is 0 Å². The number of sulfonamides is 1. The summed E-state index contributed by atoms with van der Waals surface area (Å²) >= 11 is 0. The molecule has 1 aliphatic carbocycles. The van der Waals surface area contributed by atoms with Crippen molar-refractivity contribution in [3.63, 3.8) is 0 Å². The van der Waals surface area contributed by atoms with E-state index in [9.17, 15) is 13.2 Å². The summed E-state index contributed by atoms with van der Waals surface area (Å²) in [6, 6.07) is 12.8. The normalized spacial score (nSPS) is 15.4. The molecule has 1 saturated carbocycles. The van der Waals surface area contributed by atoms with Gasteiger partial charge in [0.25, 0.3) is 0 Å². The molecule has 1 aliphatic rings. The Bertz CT molecular complexity index is 969. The first kappa shape index (κ1) is 22.0. The molecule has 0 aromatic heterocycles. The van der Waals surface area contributed by atoms with Crippen LogP contribution in [0.15, 0.2) is 48.5 Å². The zero-order chi connectivity index (χ0) is 21.7. The van der Waals surface area contributed by atoms with Gasteiger partial charge in [0.1, 0.15) is 17.5 Å². The molecule has 0 radical (unpaired) electrons. The van der Waals surface area contributed by atoms with Crippen molar-refractivity contribution >= 4 is 27.3 Å². The monoisotopic (exact) mass is 432 g/mol. The van der Waals surface area contributed by atoms with E-state index < -0.39 is 22.0 Å². The summed E-state index contributed by atoms with van der Waals surface area (Å²) in [5.74, 6) is 0.835. The van der Waals surface area contributed by atoms with Crippen LogP contribution in [0.4, 0.5) is 11.4 Å². The van der Waals surface area contributed by atoms with Crippen LogP contribution in [0.1, 0.15) is 32.6 Å². The number of amides is 1. The van der Waals surface area contributed by atoms with Gasteiger partial charge in [-0.05, 0) is 69.0 Å². The lowest BCUT2D eigenvalue weighted by molar-refractivity contribution is -0.116. The fourth-order valence-electron chi connectivity index (χ4n) is 3.62. The Morgan fingerprint density at radius 3 is 2.37 bits per heavy atom. The third kappa shape index (κ3) is 5.44. The third-order valence-electron chi connectivity index (χ3n) is 5.12. The van der Waals surface area contributed by atoms with Crippen LogP contribution in [0.3, 0.4) is 0 Å². The first-order chi connectivity index (χ1) is 14.3. The third-order valence-corrected chi connectivity index (χ3v) is 6.36. The van der Waals surface area contributed by atoms with E-state index in [1.54, 1.807) is 43.3 Å². The molecule has 8 heteroatoms. The Kier molecular flexibility index (Phi) is 6.87. The number of hydrogen-bond donors (Lipinski definition) is 1. The molecule has 2 aromatic rings. The lowest BCUT2D eigenvalue weighted by atomic mass is 10.2. The summed E-state index contributed by atoms with van der Waals surface area (Å²) < 4.78 is 37.1. The van der Waals surface area contributed by atoms with Crippen LogP contribution in [0.25, 0.3) is 0 Å². The van der Waals surface area contributed by atoms with Crippen LogP contribution < -0.4 is 19.1 Å². The fraction of sp³-hybridized carbons (Fsp3) is 0.409. The standard InChI is InChI=1S/C22H28N2O5S/c1-16(24(30(3,26)27)18-7-6-10-21(15-18)28-2)22(25)23-17-11-13-20(14-12-17)29-19-8-4-5-9-19/h6-7,10-16,19H,4-5,8-9H2,1-3H3,(H,23,25)/t16-/m0/s1. The number of carbonyl (C=O) groups excluding carboxylic acids is 1. The summed E-state index contributed by atoms with van der Waals surface area (Å²) in [7, 11) is -2.20. The van der Waals surface area contributed by atoms with Crippen molar-refractivity contribution in [2.45, 2.75) is 44.8 Å². The quantitative estimate of drug-likeness (QED) is 0.686. The molecule has 1 fully saturated rings. The molecule has 0 heterocycles. The second-order valence-electron chi connectivity index (χ2n) is 7.47. The largest absolute Gasteiger partial charge is 0.497 e. The lowest BCUT2D eigenvalue weighted by Gasteiger charge is -2.28. The van der Waals surface area contributed by atoms with Gasteiger partial charge in [0.2, 0.25) is 15.9 Å². The maximum absolute atomic E-state index is 12.8. The van der Waals surface area contributed by atoms with E-state index in [-0.39, 0.29) is 6.10 Å². The topological polar surface area (TPSA) is 84.9 Å². The number of nitrogens with zero attached hydrogens (tertiary/aromatic N) is 1.